The summed E-state index contributed by atoms with van der Waals surface area (Å²) in [5.74, 6) is -0.865. The van der Waals surface area contributed by atoms with Gasteiger partial charge >= 0.3 is 5.97 Å². The third kappa shape index (κ3) is 3.29. The van der Waals surface area contributed by atoms with Crippen molar-refractivity contribution in [3.8, 4) is 5.75 Å². The van der Waals surface area contributed by atoms with Gasteiger partial charge in [0.05, 0.1) is 18.9 Å². The van der Waals surface area contributed by atoms with E-state index in [1.54, 1.807) is 18.2 Å². The summed E-state index contributed by atoms with van der Waals surface area (Å²) in [7, 11) is -3.00. The Balaban J connectivity index is 2.10. The summed E-state index contributed by atoms with van der Waals surface area (Å²) >= 11 is 0. The number of rotatable bonds is 4. The van der Waals surface area contributed by atoms with Crippen molar-refractivity contribution in [2.24, 2.45) is 4.40 Å². The fraction of sp³-hybridized carbons (Fsp3) is 0.0526. The lowest BCUT2D eigenvalue weighted by molar-refractivity contribution is 0.0596. The molecule has 0 atom stereocenters. The molecule has 1 N–H and O–H groups in total. The molecule has 0 spiro atoms. The SMILES string of the molecule is COC(=O)c1ccccc1S(=O)(=O)/N=C/c1c(O)ccc2ccccc12. The molecule has 6 nitrogen and oxygen atoms in total. The number of benzene rings is 3. The van der Waals surface area contributed by atoms with Crippen LogP contribution in [0, 0.1) is 0 Å². The number of carbonyl (C=O) groups is 1. The number of aromatic hydroxyl groups is 1. The van der Waals surface area contributed by atoms with E-state index in [9.17, 15) is 18.3 Å². The van der Waals surface area contributed by atoms with Gasteiger partial charge in [0.15, 0.2) is 0 Å². The summed E-state index contributed by atoms with van der Waals surface area (Å²) < 4.78 is 33.5. The molecule has 0 aliphatic heterocycles. The van der Waals surface area contributed by atoms with E-state index in [1.165, 1.54) is 37.4 Å². The Morgan fingerprint density at radius 2 is 1.73 bits per heavy atom. The number of nitrogens with zero attached hydrogens (tertiary/aromatic N) is 1. The predicted molar refractivity (Wildman–Crippen MR) is 98.2 cm³/mol. The molecule has 0 saturated heterocycles. The molecule has 0 aliphatic rings. The van der Waals surface area contributed by atoms with Crippen molar-refractivity contribution in [3.05, 3.63) is 71.8 Å². The van der Waals surface area contributed by atoms with Crippen LogP contribution in [0.2, 0.25) is 0 Å². The van der Waals surface area contributed by atoms with E-state index in [0.717, 1.165) is 11.6 Å². The molecular formula is C19H15NO5S. The quantitative estimate of drug-likeness (QED) is 0.563. The summed E-state index contributed by atoms with van der Waals surface area (Å²) in [6.07, 6.45) is 1.08. The first kappa shape index (κ1) is 17.6. The van der Waals surface area contributed by atoms with Gasteiger partial charge in [0.1, 0.15) is 10.6 Å². The van der Waals surface area contributed by atoms with Gasteiger partial charge in [-0.3, -0.25) is 0 Å². The number of fused-ring (bicyclic) bond motifs is 1. The molecule has 0 fully saturated rings. The van der Waals surface area contributed by atoms with Gasteiger partial charge in [-0.1, -0.05) is 42.5 Å². The first-order valence-corrected chi connectivity index (χ1v) is 9.06. The highest BCUT2D eigenvalue weighted by Crippen LogP contribution is 2.26. The molecule has 7 heteroatoms. The van der Waals surface area contributed by atoms with E-state index in [1.807, 2.05) is 12.1 Å². The third-order valence-electron chi connectivity index (χ3n) is 3.84. The van der Waals surface area contributed by atoms with Crippen LogP contribution >= 0.6 is 0 Å². The van der Waals surface area contributed by atoms with E-state index in [4.69, 9.17) is 0 Å². The summed E-state index contributed by atoms with van der Waals surface area (Å²) in [6.45, 7) is 0. The van der Waals surface area contributed by atoms with Crippen molar-refractivity contribution in [2.75, 3.05) is 7.11 Å². The molecule has 0 heterocycles. The zero-order chi connectivity index (χ0) is 18.7. The number of carbonyl (C=O) groups excluding carboxylic acids is 1. The average Bonchev–Trinajstić information content (AvgIpc) is 2.66. The molecule has 0 amide bonds. The molecule has 0 saturated carbocycles. The van der Waals surface area contributed by atoms with Gasteiger partial charge in [-0.05, 0) is 29.0 Å². The van der Waals surface area contributed by atoms with Crippen LogP contribution < -0.4 is 0 Å². The number of esters is 1. The van der Waals surface area contributed by atoms with E-state index in [-0.39, 0.29) is 21.8 Å². The summed E-state index contributed by atoms with van der Waals surface area (Å²) in [5, 5.41) is 11.6. The van der Waals surface area contributed by atoms with E-state index < -0.39 is 16.0 Å². The highest BCUT2D eigenvalue weighted by Gasteiger charge is 2.21. The Morgan fingerprint density at radius 1 is 1.04 bits per heavy atom. The van der Waals surface area contributed by atoms with Gasteiger partial charge in [0.2, 0.25) is 0 Å². The Kier molecular flexibility index (Phi) is 4.73. The number of hydrogen-bond acceptors (Lipinski definition) is 5. The van der Waals surface area contributed by atoms with Crippen LogP contribution in [0.25, 0.3) is 10.8 Å². The Hall–Kier alpha value is -3.19. The largest absolute Gasteiger partial charge is 0.507 e. The summed E-state index contributed by atoms with van der Waals surface area (Å²) in [6, 6.07) is 16.1. The lowest BCUT2D eigenvalue weighted by atomic mass is 10.0. The number of phenols is 1. The molecule has 26 heavy (non-hydrogen) atoms. The normalized spacial score (nSPS) is 11.7. The van der Waals surface area contributed by atoms with Crippen LogP contribution in [-0.2, 0) is 14.8 Å². The minimum Gasteiger partial charge on any atom is -0.507 e. The Bertz CT molecular complexity index is 1120. The monoisotopic (exact) mass is 369 g/mol. The van der Waals surface area contributed by atoms with Gasteiger partial charge in [0, 0.05) is 5.56 Å². The maximum atomic E-state index is 12.6. The molecule has 0 aliphatic carbocycles. The van der Waals surface area contributed by atoms with E-state index in [0.29, 0.717) is 5.39 Å². The van der Waals surface area contributed by atoms with Gasteiger partial charge in [0.25, 0.3) is 10.0 Å². The molecule has 132 valence electrons. The van der Waals surface area contributed by atoms with Crippen LogP contribution in [-0.4, -0.2) is 32.8 Å². The maximum absolute atomic E-state index is 12.6. The smallest absolute Gasteiger partial charge is 0.339 e. The van der Waals surface area contributed by atoms with Crippen LogP contribution in [0.4, 0.5) is 0 Å². The van der Waals surface area contributed by atoms with Crippen molar-refractivity contribution < 1.29 is 23.1 Å². The molecular weight excluding hydrogens is 354 g/mol. The molecule has 0 unspecified atom stereocenters. The number of hydrogen-bond donors (Lipinski definition) is 1. The van der Waals surface area contributed by atoms with E-state index in [2.05, 4.69) is 9.13 Å². The summed E-state index contributed by atoms with van der Waals surface area (Å²) in [4.78, 5) is 11.5. The van der Waals surface area contributed by atoms with Crippen LogP contribution in [0.1, 0.15) is 15.9 Å². The zero-order valence-corrected chi connectivity index (χ0v) is 14.6. The van der Waals surface area contributed by atoms with Crippen LogP contribution in [0.5, 0.6) is 5.75 Å². The fourth-order valence-electron chi connectivity index (χ4n) is 2.57. The second-order valence-corrected chi connectivity index (χ2v) is 7.02. The van der Waals surface area contributed by atoms with Crippen molar-refractivity contribution in [1.29, 1.82) is 0 Å². The second-order valence-electron chi connectivity index (χ2n) is 5.42. The lowest BCUT2D eigenvalue weighted by Gasteiger charge is -2.07. The van der Waals surface area contributed by atoms with E-state index >= 15 is 0 Å². The number of methoxy groups -OCH3 is 1. The average molecular weight is 369 g/mol. The molecule has 3 rings (SSSR count). The first-order valence-electron chi connectivity index (χ1n) is 7.62. The Labute approximate surface area is 150 Å². The third-order valence-corrected chi connectivity index (χ3v) is 5.13. The van der Waals surface area contributed by atoms with Gasteiger partial charge in [-0.15, -0.1) is 0 Å². The van der Waals surface area contributed by atoms with Crippen molar-refractivity contribution in [3.63, 3.8) is 0 Å². The molecule has 0 bridgehead atoms. The second kappa shape index (κ2) is 6.97. The first-order chi connectivity index (χ1) is 12.4. The maximum Gasteiger partial charge on any atom is 0.339 e. The van der Waals surface area contributed by atoms with Gasteiger partial charge < -0.3 is 9.84 Å². The van der Waals surface area contributed by atoms with Gasteiger partial charge in [-0.25, -0.2) is 4.79 Å². The predicted octanol–water partition coefficient (Wildman–Crippen LogP) is 3.14. The summed E-state index contributed by atoms with van der Waals surface area (Å²) in [5.41, 5.74) is 0.177. The lowest BCUT2D eigenvalue weighted by Crippen LogP contribution is -2.09. The molecule has 0 radical (unpaired) electrons. The fourth-order valence-corrected chi connectivity index (χ4v) is 3.61. The van der Waals surface area contributed by atoms with Gasteiger partial charge in [-0.2, -0.15) is 12.8 Å². The van der Waals surface area contributed by atoms with Crippen molar-refractivity contribution in [2.45, 2.75) is 4.90 Å². The van der Waals surface area contributed by atoms with Crippen molar-refractivity contribution in [1.82, 2.24) is 0 Å². The number of sulfonamides is 1. The van der Waals surface area contributed by atoms with Crippen LogP contribution in [0.15, 0.2) is 70.0 Å². The van der Waals surface area contributed by atoms with Crippen molar-refractivity contribution >= 4 is 33.0 Å². The minimum absolute atomic E-state index is 0.0936. The zero-order valence-electron chi connectivity index (χ0n) is 13.8. The number of ether oxygens (including phenoxy) is 1. The van der Waals surface area contributed by atoms with Crippen LogP contribution in [0.3, 0.4) is 0 Å². The molecule has 0 aromatic heterocycles. The number of phenolic OH excluding ortho intramolecular Hbond substituents is 1. The molecule has 3 aromatic rings. The standard InChI is InChI=1S/C19H15NO5S/c1-25-19(22)15-8-4-5-9-18(15)26(23,24)20-12-16-14-7-3-2-6-13(14)10-11-17(16)21/h2-12,21H,1H3/b20-12+. The molecule has 3 aromatic carbocycles. The highest BCUT2D eigenvalue weighted by atomic mass is 32.2. The minimum atomic E-state index is -4.17. The Morgan fingerprint density at radius 3 is 2.50 bits per heavy atom. The highest BCUT2D eigenvalue weighted by molar-refractivity contribution is 7.90. The topological polar surface area (TPSA) is 93.0 Å².